The van der Waals surface area contributed by atoms with Crippen molar-refractivity contribution in [3.8, 4) is 0 Å². The second-order valence-corrected chi connectivity index (χ2v) is 7.10. The van der Waals surface area contributed by atoms with Crippen LogP contribution in [0.15, 0.2) is 39.2 Å². The first-order valence-corrected chi connectivity index (χ1v) is 8.94. The van der Waals surface area contributed by atoms with Gasteiger partial charge >= 0.3 is 0 Å². The SMILES string of the molecule is Cc1nn(Cc2ccc(C(=O)Nc3ccc(Cl)c(Cl)c3)o2)c(C)c1Br. The number of hydrogen-bond donors (Lipinski definition) is 1. The molecule has 0 saturated carbocycles. The Labute approximate surface area is 163 Å². The molecule has 0 atom stereocenters. The first-order chi connectivity index (χ1) is 11.8. The number of anilines is 1. The molecule has 0 radical (unpaired) electrons. The molecule has 0 saturated heterocycles. The molecule has 0 unspecified atom stereocenters. The lowest BCUT2D eigenvalue weighted by molar-refractivity contribution is 0.0994. The van der Waals surface area contributed by atoms with Gasteiger partial charge in [-0.2, -0.15) is 5.10 Å². The molecule has 3 aromatic rings. The van der Waals surface area contributed by atoms with Crippen LogP contribution < -0.4 is 5.32 Å². The van der Waals surface area contributed by atoms with E-state index in [1.165, 1.54) is 0 Å². The van der Waals surface area contributed by atoms with E-state index in [0.717, 1.165) is 15.9 Å². The molecule has 25 heavy (non-hydrogen) atoms. The van der Waals surface area contributed by atoms with Gasteiger partial charge in [-0.05, 0) is 60.1 Å². The molecular weight excluding hydrogens is 429 g/mol. The number of carbonyl (C=O) groups is 1. The maximum absolute atomic E-state index is 12.3. The minimum Gasteiger partial charge on any atom is -0.454 e. The van der Waals surface area contributed by atoms with E-state index in [0.29, 0.717) is 28.0 Å². The van der Waals surface area contributed by atoms with Crippen LogP contribution in [0.25, 0.3) is 0 Å². The third kappa shape index (κ3) is 3.92. The number of nitrogens with one attached hydrogen (secondary N) is 1. The number of halogens is 3. The minimum absolute atomic E-state index is 0.210. The molecule has 2 heterocycles. The second-order valence-electron chi connectivity index (χ2n) is 5.49. The van der Waals surface area contributed by atoms with Crippen LogP contribution in [0.2, 0.25) is 10.0 Å². The molecule has 0 fully saturated rings. The molecule has 0 bridgehead atoms. The van der Waals surface area contributed by atoms with Gasteiger partial charge in [0.1, 0.15) is 5.76 Å². The highest BCUT2D eigenvalue weighted by atomic mass is 79.9. The number of aromatic nitrogens is 2. The predicted molar refractivity (Wildman–Crippen MR) is 102 cm³/mol. The molecule has 1 N–H and O–H groups in total. The van der Waals surface area contributed by atoms with Gasteiger partial charge in [0.05, 0.1) is 32.5 Å². The third-order valence-electron chi connectivity index (χ3n) is 3.66. The van der Waals surface area contributed by atoms with Crippen molar-refractivity contribution < 1.29 is 9.21 Å². The van der Waals surface area contributed by atoms with Crippen molar-refractivity contribution in [3.63, 3.8) is 0 Å². The molecule has 130 valence electrons. The Bertz CT molecular complexity index is 950. The molecular formula is C17H14BrCl2N3O2. The van der Waals surface area contributed by atoms with Crippen LogP contribution >= 0.6 is 39.1 Å². The number of carbonyl (C=O) groups excluding carboxylic acids is 1. The van der Waals surface area contributed by atoms with Gasteiger partial charge in [0, 0.05) is 5.69 Å². The van der Waals surface area contributed by atoms with Crippen LogP contribution in [0.4, 0.5) is 5.69 Å². The number of nitrogens with zero attached hydrogens (tertiary/aromatic N) is 2. The average molecular weight is 443 g/mol. The first kappa shape index (κ1) is 18.0. The summed E-state index contributed by atoms with van der Waals surface area (Å²) < 4.78 is 8.42. The largest absolute Gasteiger partial charge is 0.454 e. The van der Waals surface area contributed by atoms with Crippen molar-refractivity contribution in [2.75, 3.05) is 5.32 Å². The van der Waals surface area contributed by atoms with Crippen molar-refractivity contribution in [2.45, 2.75) is 20.4 Å². The van der Waals surface area contributed by atoms with Gasteiger partial charge in [-0.15, -0.1) is 0 Å². The number of benzene rings is 1. The van der Waals surface area contributed by atoms with Crippen LogP contribution in [0.3, 0.4) is 0 Å². The Hall–Kier alpha value is -1.76. The quantitative estimate of drug-likeness (QED) is 0.583. The fourth-order valence-electron chi connectivity index (χ4n) is 2.33. The van der Waals surface area contributed by atoms with Gasteiger partial charge in [-0.25, -0.2) is 0 Å². The maximum Gasteiger partial charge on any atom is 0.291 e. The molecule has 1 amide bonds. The topological polar surface area (TPSA) is 60.1 Å². The van der Waals surface area contributed by atoms with E-state index in [-0.39, 0.29) is 11.7 Å². The van der Waals surface area contributed by atoms with Crippen molar-refractivity contribution in [1.82, 2.24) is 9.78 Å². The van der Waals surface area contributed by atoms with Gasteiger partial charge in [0.25, 0.3) is 5.91 Å². The molecule has 0 aliphatic rings. The summed E-state index contributed by atoms with van der Waals surface area (Å²) in [4.78, 5) is 12.3. The van der Waals surface area contributed by atoms with Crippen LogP contribution in [0, 0.1) is 13.8 Å². The molecule has 5 nitrogen and oxygen atoms in total. The van der Waals surface area contributed by atoms with E-state index in [1.807, 2.05) is 18.5 Å². The van der Waals surface area contributed by atoms with Gasteiger partial charge in [-0.1, -0.05) is 23.2 Å². The zero-order valence-electron chi connectivity index (χ0n) is 13.4. The minimum atomic E-state index is -0.362. The summed E-state index contributed by atoms with van der Waals surface area (Å²) in [6.07, 6.45) is 0. The summed E-state index contributed by atoms with van der Waals surface area (Å²) in [5, 5.41) is 7.95. The van der Waals surface area contributed by atoms with E-state index < -0.39 is 0 Å². The number of furan rings is 1. The molecule has 0 aliphatic heterocycles. The summed E-state index contributed by atoms with van der Waals surface area (Å²) in [6, 6.07) is 8.26. The van der Waals surface area contributed by atoms with Crippen LogP contribution in [-0.4, -0.2) is 15.7 Å². The van der Waals surface area contributed by atoms with Crippen molar-refractivity contribution in [3.05, 3.63) is 67.8 Å². The zero-order chi connectivity index (χ0) is 18.1. The summed E-state index contributed by atoms with van der Waals surface area (Å²) in [7, 11) is 0. The molecule has 2 aromatic heterocycles. The highest BCUT2D eigenvalue weighted by Gasteiger charge is 2.14. The molecule has 0 aliphatic carbocycles. The highest BCUT2D eigenvalue weighted by Crippen LogP contribution is 2.25. The molecule has 8 heteroatoms. The molecule has 0 spiro atoms. The summed E-state index contributed by atoms with van der Waals surface area (Å²) in [5.41, 5.74) is 2.44. The van der Waals surface area contributed by atoms with Crippen molar-refractivity contribution in [1.29, 1.82) is 0 Å². The number of rotatable bonds is 4. The smallest absolute Gasteiger partial charge is 0.291 e. The fourth-order valence-corrected chi connectivity index (χ4v) is 2.91. The third-order valence-corrected chi connectivity index (χ3v) is 5.55. The first-order valence-electron chi connectivity index (χ1n) is 7.40. The van der Waals surface area contributed by atoms with Crippen LogP contribution in [0.5, 0.6) is 0 Å². The van der Waals surface area contributed by atoms with Gasteiger partial charge in [-0.3, -0.25) is 9.48 Å². The Morgan fingerprint density at radius 2 is 2.00 bits per heavy atom. The van der Waals surface area contributed by atoms with Gasteiger partial charge in [0.15, 0.2) is 5.76 Å². The van der Waals surface area contributed by atoms with E-state index in [9.17, 15) is 4.79 Å². The van der Waals surface area contributed by atoms with Crippen LogP contribution in [0.1, 0.15) is 27.7 Å². The number of amides is 1. The molecule has 3 rings (SSSR count). The summed E-state index contributed by atoms with van der Waals surface area (Å²) >= 11 is 15.3. The lowest BCUT2D eigenvalue weighted by Gasteiger charge is -2.05. The van der Waals surface area contributed by atoms with Crippen molar-refractivity contribution >= 4 is 50.7 Å². The summed E-state index contributed by atoms with van der Waals surface area (Å²) in [6.45, 7) is 4.33. The fraction of sp³-hybridized carbons (Fsp3) is 0.176. The number of hydrogen-bond acceptors (Lipinski definition) is 3. The monoisotopic (exact) mass is 441 g/mol. The highest BCUT2D eigenvalue weighted by molar-refractivity contribution is 9.10. The zero-order valence-corrected chi connectivity index (χ0v) is 16.5. The normalized spacial score (nSPS) is 10.9. The Balaban J connectivity index is 1.73. The average Bonchev–Trinajstić information content (AvgIpc) is 3.13. The lowest BCUT2D eigenvalue weighted by Crippen LogP contribution is -2.11. The van der Waals surface area contributed by atoms with Gasteiger partial charge < -0.3 is 9.73 Å². The Morgan fingerprint density at radius 1 is 1.24 bits per heavy atom. The van der Waals surface area contributed by atoms with E-state index in [4.69, 9.17) is 27.6 Å². The molecule has 1 aromatic carbocycles. The Kier molecular flexibility index (Phi) is 5.22. The standard InChI is InChI=1S/C17H14BrCl2N3O2/c1-9-16(18)10(2)23(22-9)8-12-4-6-15(25-12)17(24)21-11-3-5-13(19)14(20)7-11/h3-7H,8H2,1-2H3,(H,21,24). The maximum atomic E-state index is 12.3. The second kappa shape index (κ2) is 7.23. The van der Waals surface area contributed by atoms with Crippen LogP contribution in [-0.2, 0) is 6.54 Å². The predicted octanol–water partition coefficient (Wildman–Crippen LogP) is 5.46. The lowest BCUT2D eigenvalue weighted by atomic mass is 10.3. The van der Waals surface area contributed by atoms with E-state index in [1.54, 1.807) is 30.3 Å². The van der Waals surface area contributed by atoms with E-state index >= 15 is 0 Å². The van der Waals surface area contributed by atoms with E-state index in [2.05, 4.69) is 26.3 Å². The number of aryl methyl sites for hydroxylation is 1. The summed E-state index contributed by atoms with van der Waals surface area (Å²) in [5.74, 6) is 0.484. The van der Waals surface area contributed by atoms with Gasteiger partial charge in [0.2, 0.25) is 0 Å². The van der Waals surface area contributed by atoms with Crippen molar-refractivity contribution in [2.24, 2.45) is 0 Å². The Morgan fingerprint density at radius 3 is 2.64 bits per heavy atom.